The van der Waals surface area contributed by atoms with Gasteiger partial charge in [0.15, 0.2) is 11.9 Å². The highest BCUT2D eigenvalue weighted by atomic mass is 19.1. The molecule has 2 heterocycles. The number of Topliss-reactive ketones (excluding diaryl/α,β-unsaturated/α-hetero) is 1. The zero-order valence-corrected chi connectivity index (χ0v) is 27.7. The number of quaternary nitrogens is 1. The molecule has 2 aliphatic carbocycles. The van der Waals surface area contributed by atoms with E-state index in [-0.39, 0.29) is 41.4 Å². The van der Waals surface area contributed by atoms with Gasteiger partial charge in [0.25, 0.3) is 0 Å². The number of halogens is 1. The van der Waals surface area contributed by atoms with Crippen LogP contribution in [0.15, 0.2) is 12.1 Å². The highest BCUT2D eigenvalue weighted by Gasteiger charge is 2.39. The largest absolute Gasteiger partial charge is 0.456 e. The van der Waals surface area contributed by atoms with E-state index in [4.69, 9.17) is 25.0 Å². The summed E-state index contributed by atoms with van der Waals surface area (Å²) in [6.07, 6.45) is 2.96. The lowest BCUT2D eigenvalue weighted by molar-refractivity contribution is -0.873. The fourth-order valence-electron chi connectivity index (χ4n) is 6.69. The van der Waals surface area contributed by atoms with Gasteiger partial charge in [-0.05, 0) is 67.1 Å². The van der Waals surface area contributed by atoms with Crippen molar-refractivity contribution in [3.63, 3.8) is 0 Å². The Labute approximate surface area is 269 Å². The van der Waals surface area contributed by atoms with Crippen LogP contribution in [-0.2, 0) is 43.1 Å². The Morgan fingerprint density at radius 3 is 2.50 bits per heavy atom. The molecule has 12 heteroatoms. The Hall–Kier alpha value is -3.64. The second-order valence-corrected chi connectivity index (χ2v) is 15.1. The number of aromatic nitrogens is 2. The van der Waals surface area contributed by atoms with Crippen LogP contribution in [0.5, 0.6) is 0 Å². The SMILES string of the molecule is CC(=O)OC(CC(=O)OC1CC(Cc2cc(-n3nc(CC4CC4)c4c3CC(C)(C)CC4=O)c(F)cc2C(N)=O)CO1)C[N+](C)(C)C. The average molecular weight is 642 g/mol. The molecule has 1 saturated heterocycles. The molecule has 1 amide bonds. The minimum absolute atomic E-state index is 0.0304. The molecule has 1 saturated carbocycles. The third kappa shape index (κ3) is 8.19. The summed E-state index contributed by atoms with van der Waals surface area (Å²) in [5.74, 6) is -2.06. The summed E-state index contributed by atoms with van der Waals surface area (Å²) in [4.78, 5) is 50.0. The van der Waals surface area contributed by atoms with Gasteiger partial charge in [0, 0.05) is 25.3 Å². The van der Waals surface area contributed by atoms with Crippen LogP contribution in [0.4, 0.5) is 4.39 Å². The second-order valence-electron chi connectivity index (χ2n) is 15.1. The number of rotatable bonds is 12. The Balaban J connectivity index is 1.35. The molecule has 3 unspecified atom stereocenters. The lowest BCUT2D eigenvalue weighted by atomic mass is 9.75. The molecule has 2 aromatic rings. The van der Waals surface area contributed by atoms with Crippen LogP contribution in [0.25, 0.3) is 5.69 Å². The first-order valence-corrected chi connectivity index (χ1v) is 16.0. The number of esters is 2. The number of likely N-dealkylation sites (N-methyl/N-ethyl adjacent to an activating group) is 1. The van der Waals surface area contributed by atoms with Gasteiger partial charge in [-0.15, -0.1) is 0 Å². The summed E-state index contributed by atoms with van der Waals surface area (Å²) in [5, 5.41) is 4.80. The van der Waals surface area contributed by atoms with Crippen molar-refractivity contribution >= 4 is 23.6 Å². The smallest absolute Gasteiger partial charge is 0.312 e. The molecule has 3 aliphatic rings. The topological polar surface area (TPSA) is 140 Å². The van der Waals surface area contributed by atoms with Gasteiger partial charge in [-0.3, -0.25) is 19.2 Å². The van der Waals surface area contributed by atoms with Crippen molar-refractivity contribution in [3.8, 4) is 5.69 Å². The number of ketones is 1. The van der Waals surface area contributed by atoms with Crippen molar-refractivity contribution in [2.75, 3.05) is 34.3 Å². The van der Waals surface area contributed by atoms with Crippen molar-refractivity contribution in [1.82, 2.24) is 9.78 Å². The predicted octanol–water partition coefficient (Wildman–Crippen LogP) is 3.69. The van der Waals surface area contributed by atoms with Crippen LogP contribution in [0, 0.1) is 23.1 Å². The fourth-order valence-corrected chi connectivity index (χ4v) is 6.69. The molecule has 0 radical (unpaired) electrons. The number of ether oxygens (including phenoxy) is 3. The maximum Gasteiger partial charge on any atom is 0.312 e. The number of benzene rings is 1. The van der Waals surface area contributed by atoms with Crippen LogP contribution in [0.3, 0.4) is 0 Å². The van der Waals surface area contributed by atoms with E-state index in [0.717, 1.165) is 18.9 Å². The van der Waals surface area contributed by atoms with Gasteiger partial charge in [0.1, 0.15) is 18.0 Å². The Morgan fingerprint density at radius 2 is 1.87 bits per heavy atom. The zero-order valence-electron chi connectivity index (χ0n) is 27.7. The molecule has 0 bridgehead atoms. The number of carbonyl (C=O) groups is 4. The van der Waals surface area contributed by atoms with Gasteiger partial charge >= 0.3 is 11.9 Å². The Bertz CT molecular complexity index is 1540. The van der Waals surface area contributed by atoms with E-state index in [1.165, 1.54) is 6.92 Å². The van der Waals surface area contributed by atoms with Gasteiger partial charge < -0.3 is 24.4 Å². The molecule has 5 rings (SSSR count). The number of hydrogen-bond acceptors (Lipinski definition) is 8. The van der Waals surface area contributed by atoms with Crippen molar-refractivity contribution < 1.29 is 42.3 Å². The maximum atomic E-state index is 15.8. The third-order valence-corrected chi connectivity index (χ3v) is 8.76. The molecular formula is C34H46FN4O7+. The lowest BCUT2D eigenvalue weighted by Crippen LogP contribution is -2.44. The maximum absolute atomic E-state index is 15.8. The summed E-state index contributed by atoms with van der Waals surface area (Å²) < 4.78 is 34.5. The first-order valence-electron chi connectivity index (χ1n) is 16.0. The fraction of sp³-hybridized carbons (Fsp3) is 0.618. The minimum atomic E-state index is -0.812. The molecular weight excluding hydrogens is 595 g/mol. The van der Waals surface area contributed by atoms with Gasteiger partial charge in [0.2, 0.25) is 12.2 Å². The summed E-state index contributed by atoms with van der Waals surface area (Å²) in [6, 6.07) is 2.75. The molecule has 46 heavy (non-hydrogen) atoms. The number of primary amides is 1. The summed E-state index contributed by atoms with van der Waals surface area (Å²) in [7, 11) is 5.80. The van der Waals surface area contributed by atoms with E-state index < -0.39 is 36.1 Å². The number of carbonyl (C=O) groups excluding carboxylic acids is 4. The number of nitrogens with two attached hydrogens (primary N) is 1. The number of hydrogen-bond donors (Lipinski definition) is 1. The first kappa shape index (κ1) is 33.7. The molecule has 3 atom stereocenters. The van der Waals surface area contributed by atoms with Crippen molar-refractivity contribution in [1.29, 1.82) is 0 Å². The lowest BCUT2D eigenvalue weighted by Gasteiger charge is -2.29. The predicted molar refractivity (Wildman–Crippen MR) is 166 cm³/mol. The van der Waals surface area contributed by atoms with E-state index in [9.17, 15) is 19.2 Å². The molecule has 250 valence electrons. The highest BCUT2D eigenvalue weighted by Crippen LogP contribution is 2.41. The standard InChI is InChI=1S/C34H45FN4O7/c1-19(40)45-23(17-39(4,5)6)13-30(42)46-31-11-21(18-44-31)9-22-12-27(25(35)14-24(22)33(36)43)38-28-15-34(2,3)16-29(41)32(28)26(37-38)10-20-7-8-20/h12,14,20-21,23,31H,7-11,13,15-18H2,1-6H3,(H-,36,43)/p+1. The molecule has 11 nitrogen and oxygen atoms in total. The van der Waals surface area contributed by atoms with E-state index in [1.54, 1.807) is 10.7 Å². The number of amides is 1. The first-order chi connectivity index (χ1) is 21.5. The van der Waals surface area contributed by atoms with E-state index in [1.807, 2.05) is 35.0 Å². The van der Waals surface area contributed by atoms with Gasteiger partial charge in [-0.1, -0.05) is 13.8 Å². The number of fused-ring (bicyclic) bond motifs is 1. The molecule has 1 aromatic heterocycles. The van der Waals surface area contributed by atoms with Crippen LogP contribution in [0.1, 0.15) is 90.5 Å². The Morgan fingerprint density at radius 1 is 1.15 bits per heavy atom. The monoisotopic (exact) mass is 641 g/mol. The molecule has 1 aliphatic heterocycles. The summed E-state index contributed by atoms with van der Waals surface area (Å²) >= 11 is 0. The Kier molecular flexibility index (Phi) is 9.43. The average Bonchev–Trinajstić information content (AvgIpc) is 3.50. The van der Waals surface area contributed by atoms with Crippen LogP contribution in [0.2, 0.25) is 0 Å². The third-order valence-electron chi connectivity index (χ3n) is 8.76. The molecule has 1 aromatic carbocycles. The van der Waals surface area contributed by atoms with E-state index >= 15 is 4.39 Å². The molecule has 2 N–H and O–H groups in total. The molecule has 0 spiro atoms. The minimum Gasteiger partial charge on any atom is -0.456 e. The quantitative estimate of drug-likeness (QED) is 0.274. The van der Waals surface area contributed by atoms with Gasteiger partial charge in [0.05, 0.1) is 51.1 Å². The van der Waals surface area contributed by atoms with Crippen LogP contribution < -0.4 is 5.73 Å². The van der Waals surface area contributed by atoms with E-state index in [0.29, 0.717) is 71.6 Å². The molecule has 2 fully saturated rings. The van der Waals surface area contributed by atoms with Crippen molar-refractivity contribution in [2.24, 2.45) is 23.0 Å². The number of nitrogens with zero attached hydrogens (tertiary/aromatic N) is 3. The van der Waals surface area contributed by atoms with E-state index in [2.05, 4.69) is 0 Å². The van der Waals surface area contributed by atoms with Crippen molar-refractivity contribution in [3.05, 3.63) is 46.0 Å². The highest BCUT2D eigenvalue weighted by molar-refractivity contribution is 6.00. The van der Waals surface area contributed by atoms with Crippen LogP contribution >= 0.6 is 0 Å². The van der Waals surface area contributed by atoms with Gasteiger partial charge in [-0.2, -0.15) is 5.10 Å². The summed E-state index contributed by atoms with van der Waals surface area (Å²) in [6.45, 7) is 6.02. The van der Waals surface area contributed by atoms with Crippen LogP contribution in [-0.4, -0.2) is 84.6 Å². The van der Waals surface area contributed by atoms with Crippen molar-refractivity contribution in [2.45, 2.75) is 84.5 Å². The normalized spacial score (nSPS) is 21.5. The second kappa shape index (κ2) is 12.9. The zero-order chi connectivity index (χ0) is 33.6. The van der Waals surface area contributed by atoms with Gasteiger partial charge in [-0.25, -0.2) is 9.07 Å². The summed E-state index contributed by atoms with van der Waals surface area (Å²) in [5.41, 5.74) is 8.15.